The fourth-order valence-corrected chi connectivity index (χ4v) is 1.53. The molecule has 0 aromatic heterocycles. The van der Waals surface area contributed by atoms with Crippen molar-refractivity contribution in [3.63, 3.8) is 0 Å². The number of carbonyl (C=O) groups is 2. The predicted octanol–water partition coefficient (Wildman–Crippen LogP) is 3.25. The summed E-state index contributed by atoms with van der Waals surface area (Å²) in [4.78, 5) is 22.2. The molecule has 0 saturated heterocycles. The summed E-state index contributed by atoms with van der Waals surface area (Å²) < 4.78 is 10.7. The first kappa shape index (κ1) is 16.4. The highest BCUT2D eigenvalue weighted by atomic mass is 16.5. The summed E-state index contributed by atoms with van der Waals surface area (Å²) in [6.45, 7) is 7.07. The Labute approximate surface area is 120 Å². The summed E-state index contributed by atoms with van der Waals surface area (Å²) in [6.07, 6.45) is 2.37. The van der Waals surface area contributed by atoms with Crippen LogP contribution in [0.15, 0.2) is 24.3 Å². The van der Waals surface area contributed by atoms with Gasteiger partial charge in [-0.3, -0.25) is 4.79 Å². The third-order valence-electron chi connectivity index (χ3n) is 2.59. The molecule has 0 unspecified atom stereocenters. The minimum Gasteiger partial charge on any atom is -0.462 e. The smallest absolute Gasteiger partial charge is 0.338 e. The molecule has 4 heteroatoms. The summed E-state index contributed by atoms with van der Waals surface area (Å²) in [7, 11) is 0. The topological polar surface area (TPSA) is 52.6 Å². The fourth-order valence-electron chi connectivity index (χ4n) is 1.53. The Morgan fingerprint density at radius 1 is 1.10 bits per heavy atom. The molecular weight excluding hydrogens is 256 g/mol. The van der Waals surface area contributed by atoms with Crippen LogP contribution in [0.3, 0.4) is 0 Å². The van der Waals surface area contributed by atoms with Crippen LogP contribution in [0.5, 0.6) is 0 Å². The Balaban J connectivity index is 2.21. The molecule has 0 atom stereocenters. The minimum absolute atomic E-state index is 0.128. The van der Waals surface area contributed by atoms with Gasteiger partial charge in [-0.15, -0.1) is 0 Å². The van der Waals surface area contributed by atoms with Gasteiger partial charge in [-0.05, 0) is 45.7 Å². The average molecular weight is 278 g/mol. The molecule has 4 nitrogen and oxygen atoms in total. The van der Waals surface area contributed by atoms with Crippen LogP contribution in [0.4, 0.5) is 0 Å². The quantitative estimate of drug-likeness (QED) is 0.436. The van der Waals surface area contributed by atoms with Gasteiger partial charge in [0.2, 0.25) is 0 Å². The van der Waals surface area contributed by atoms with Gasteiger partial charge in [-0.25, -0.2) is 4.79 Å². The first-order valence-electron chi connectivity index (χ1n) is 6.79. The summed E-state index contributed by atoms with van der Waals surface area (Å²) in [5.74, 6) is -0.362. The maximum atomic E-state index is 11.7. The molecule has 0 amide bonds. The molecule has 1 aromatic rings. The van der Waals surface area contributed by atoms with Gasteiger partial charge in [-0.2, -0.15) is 0 Å². The molecule has 110 valence electrons. The van der Waals surface area contributed by atoms with Crippen LogP contribution in [-0.2, 0) is 9.47 Å². The van der Waals surface area contributed by atoms with Gasteiger partial charge < -0.3 is 9.47 Å². The highest BCUT2D eigenvalue weighted by Gasteiger charge is 2.09. The molecule has 0 aliphatic rings. The van der Waals surface area contributed by atoms with Gasteiger partial charge in [0.15, 0.2) is 0 Å². The zero-order chi connectivity index (χ0) is 15.0. The second-order valence-electron chi connectivity index (χ2n) is 5.54. The van der Waals surface area contributed by atoms with E-state index in [4.69, 9.17) is 9.47 Å². The number of hydrogen-bond acceptors (Lipinski definition) is 4. The molecular formula is C16H22O4. The van der Waals surface area contributed by atoms with Crippen molar-refractivity contribution in [3.8, 4) is 0 Å². The van der Waals surface area contributed by atoms with Crippen molar-refractivity contribution in [2.75, 3.05) is 13.2 Å². The summed E-state index contributed by atoms with van der Waals surface area (Å²) >= 11 is 0. The van der Waals surface area contributed by atoms with E-state index in [0.29, 0.717) is 24.3 Å². The zero-order valence-corrected chi connectivity index (χ0v) is 12.3. The summed E-state index contributed by atoms with van der Waals surface area (Å²) in [5.41, 5.74) is 0.874. The summed E-state index contributed by atoms with van der Waals surface area (Å²) in [5, 5.41) is 0. The van der Waals surface area contributed by atoms with Gasteiger partial charge >= 0.3 is 5.97 Å². The molecule has 0 N–H and O–H groups in total. The molecule has 0 aliphatic heterocycles. The second kappa shape index (κ2) is 7.80. The molecule has 0 bridgehead atoms. The van der Waals surface area contributed by atoms with Crippen molar-refractivity contribution in [1.29, 1.82) is 0 Å². The van der Waals surface area contributed by atoms with Crippen LogP contribution in [0.1, 0.15) is 54.3 Å². The number of carbonyl (C=O) groups excluding carboxylic acids is 2. The number of hydrogen-bond donors (Lipinski definition) is 0. The van der Waals surface area contributed by atoms with Gasteiger partial charge in [0.1, 0.15) is 6.29 Å². The standard InChI is InChI=1S/C16H22O4/c1-16(2,3)20-11-5-4-10-19-15(18)14-8-6-13(12-17)7-9-14/h6-9,12H,4-5,10-11H2,1-3H3. The molecule has 0 spiro atoms. The number of rotatable bonds is 7. The van der Waals surface area contributed by atoms with E-state index in [2.05, 4.69) is 0 Å². The van der Waals surface area contributed by atoms with Crippen molar-refractivity contribution in [2.45, 2.75) is 39.2 Å². The third kappa shape index (κ3) is 6.48. The molecule has 0 aliphatic carbocycles. The van der Waals surface area contributed by atoms with Crippen molar-refractivity contribution in [1.82, 2.24) is 0 Å². The third-order valence-corrected chi connectivity index (χ3v) is 2.59. The van der Waals surface area contributed by atoms with E-state index in [9.17, 15) is 9.59 Å². The lowest BCUT2D eigenvalue weighted by Gasteiger charge is -2.19. The van der Waals surface area contributed by atoms with Crippen LogP contribution in [0.25, 0.3) is 0 Å². The van der Waals surface area contributed by atoms with E-state index >= 15 is 0 Å². The first-order chi connectivity index (χ1) is 9.42. The monoisotopic (exact) mass is 278 g/mol. The minimum atomic E-state index is -0.362. The Morgan fingerprint density at radius 2 is 1.70 bits per heavy atom. The van der Waals surface area contributed by atoms with Crippen LogP contribution in [-0.4, -0.2) is 31.1 Å². The van der Waals surface area contributed by atoms with Gasteiger partial charge in [0.05, 0.1) is 17.8 Å². The van der Waals surface area contributed by atoms with E-state index in [1.807, 2.05) is 20.8 Å². The Bertz CT molecular complexity index is 429. The van der Waals surface area contributed by atoms with Crippen molar-refractivity contribution >= 4 is 12.3 Å². The molecule has 0 radical (unpaired) electrons. The maximum absolute atomic E-state index is 11.7. The molecule has 1 aromatic carbocycles. The molecule has 0 heterocycles. The Hall–Kier alpha value is -1.68. The van der Waals surface area contributed by atoms with Crippen LogP contribution in [0.2, 0.25) is 0 Å². The van der Waals surface area contributed by atoms with Crippen LogP contribution in [0, 0.1) is 0 Å². The number of unbranched alkanes of at least 4 members (excludes halogenated alkanes) is 1. The van der Waals surface area contributed by atoms with E-state index < -0.39 is 0 Å². The van der Waals surface area contributed by atoms with Gasteiger partial charge in [-0.1, -0.05) is 12.1 Å². The maximum Gasteiger partial charge on any atom is 0.338 e. The lowest BCUT2D eigenvalue weighted by molar-refractivity contribution is -0.00692. The van der Waals surface area contributed by atoms with E-state index in [1.54, 1.807) is 24.3 Å². The first-order valence-corrected chi connectivity index (χ1v) is 6.79. The van der Waals surface area contributed by atoms with E-state index in [0.717, 1.165) is 19.1 Å². The van der Waals surface area contributed by atoms with Crippen molar-refractivity contribution in [2.24, 2.45) is 0 Å². The lowest BCUT2D eigenvalue weighted by Crippen LogP contribution is -2.19. The Kier molecular flexibility index (Phi) is 6.39. The highest BCUT2D eigenvalue weighted by molar-refractivity contribution is 5.90. The number of ether oxygens (including phenoxy) is 2. The zero-order valence-electron chi connectivity index (χ0n) is 12.3. The lowest BCUT2D eigenvalue weighted by atomic mass is 10.1. The van der Waals surface area contributed by atoms with Crippen LogP contribution < -0.4 is 0 Å². The largest absolute Gasteiger partial charge is 0.462 e. The predicted molar refractivity (Wildman–Crippen MR) is 77.1 cm³/mol. The SMILES string of the molecule is CC(C)(C)OCCCCOC(=O)c1ccc(C=O)cc1. The van der Waals surface area contributed by atoms with E-state index in [1.165, 1.54) is 0 Å². The van der Waals surface area contributed by atoms with Crippen molar-refractivity contribution in [3.05, 3.63) is 35.4 Å². The normalized spacial score (nSPS) is 11.2. The average Bonchev–Trinajstić information content (AvgIpc) is 2.41. The number of benzene rings is 1. The molecule has 0 fully saturated rings. The number of aldehydes is 1. The van der Waals surface area contributed by atoms with Gasteiger partial charge in [0, 0.05) is 12.2 Å². The number of esters is 1. The molecule has 1 rings (SSSR count). The molecule has 20 heavy (non-hydrogen) atoms. The van der Waals surface area contributed by atoms with Crippen molar-refractivity contribution < 1.29 is 19.1 Å². The summed E-state index contributed by atoms with van der Waals surface area (Å²) in [6, 6.07) is 6.38. The van der Waals surface area contributed by atoms with Crippen LogP contribution >= 0.6 is 0 Å². The second-order valence-corrected chi connectivity index (χ2v) is 5.54. The molecule has 0 saturated carbocycles. The Morgan fingerprint density at radius 3 is 2.25 bits per heavy atom. The van der Waals surface area contributed by atoms with Gasteiger partial charge in [0.25, 0.3) is 0 Å². The highest BCUT2D eigenvalue weighted by Crippen LogP contribution is 2.08. The van der Waals surface area contributed by atoms with E-state index in [-0.39, 0.29) is 11.6 Å². The fraction of sp³-hybridized carbons (Fsp3) is 0.500.